The molecular formula is C10H14O4S. The molecule has 1 rings (SSSR count). The summed E-state index contributed by atoms with van der Waals surface area (Å²) in [5.41, 5.74) is 0. The second kappa shape index (κ2) is 5.80. The molecule has 0 bridgehead atoms. The molecule has 1 aliphatic heterocycles. The van der Waals surface area contributed by atoms with Crippen molar-refractivity contribution in [1.29, 1.82) is 0 Å². The Balaban J connectivity index is 2.79. The van der Waals surface area contributed by atoms with Crippen LogP contribution < -0.4 is 0 Å². The van der Waals surface area contributed by atoms with Gasteiger partial charge in [0.2, 0.25) is 0 Å². The first-order chi connectivity index (χ1) is 7.20. The van der Waals surface area contributed by atoms with Gasteiger partial charge in [-0.2, -0.15) is 11.8 Å². The highest BCUT2D eigenvalue weighted by atomic mass is 32.2. The van der Waals surface area contributed by atoms with E-state index in [4.69, 9.17) is 0 Å². The fourth-order valence-electron chi connectivity index (χ4n) is 1.47. The van der Waals surface area contributed by atoms with E-state index in [9.17, 15) is 9.59 Å². The van der Waals surface area contributed by atoms with Crippen molar-refractivity contribution in [1.82, 2.24) is 0 Å². The molecule has 0 spiro atoms. The van der Waals surface area contributed by atoms with Crippen LogP contribution >= 0.6 is 11.8 Å². The fraction of sp³-hybridized carbons (Fsp3) is 0.600. The zero-order valence-electron chi connectivity index (χ0n) is 8.76. The van der Waals surface area contributed by atoms with Crippen molar-refractivity contribution in [2.75, 3.05) is 25.7 Å². The SMILES string of the molecule is COC(=O)C(C(=O)OC)[C@H]1C=CCSC1. The first-order valence-electron chi connectivity index (χ1n) is 4.60. The molecule has 84 valence electrons. The molecule has 0 aromatic carbocycles. The van der Waals surface area contributed by atoms with Gasteiger partial charge in [-0.25, -0.2) is 0 Å². The molecule has 1 aliphatic rings. The van der Waals surface area contributed by atoms with E-state index in [-0.39, 0.29) is 5.92 Å². The molecule has 4 nitrogen and oxygen atoms in total. The second-order valence-corrected chi connectivity index (χ2v) is 4.23. The average molecular weight is 230 g/mol. The van der Waals surface area contributed by atoms with Crippen LogP contribution in [0.4, 0.5) is 0 Å². The van der Waals surface area contributed by atoms with Gasteiger partial charge >= 0.3 is 11.9 Å². The van der Waals surface area contributed by atoms with Gasteiger partial charge in [-0.1, -0.05) is 12.2 Å². The first kappa shape index (κ1) is 12.1. The van der Waals surface area contributed by atoms with Crippen LogP contribution in [-0.4, -0.2) is 37.7 Å². The summed E-state index contributed by atoms with van der Waals surface area (Å²) in [5, 5.41) is 0. The summed E-state index contributed by atoms with van der Waals surface area (Å²) in [6, 6.07) is 0. The van der Waals surface area contributed by atoms with E-state index in [0.717, 1.165) is 11.5 Å². The van der Waals surface area contributed by atoms with E-state index in [1.54, 1.807) is 11.8 Å². The lowest BCUT2D eigenvalue weighted by molar-refractivity contribution is -0.160. The summed E-state index contributed by atoms with van der Waals surface area (Å²) in [5.74, 6) is -0.345. The molecular weight excluding hydrogens is 216 g/mol. The van der Waals surface area contributed by atoms with Crippen LogP contribution in [-0.2, 0) is 19.1 Å². The van der Waals surface area contributed by atoms with E-state index in [0.29, 0.717) is 0 Å². The van der Waals surface area contributed by atoms with Gasteiger partial charge in [-0.3, -0.25) is 9.59 Å². The Morgan fingerprint density at radius 1 is 1.33 bits per heavy atom. The normalized spacial score (nSPS) is 20.1. The van der Waals surface area contributed by atoms with Crippen molar-refractivity contribution in [3.05, 3.63) is 12.2 Å². The first-order valence-corrected chi connectivity index (χ1v) is 5.76. The van der Waals surface area contributed by atoms with Gasteiger partial charge in [0.25, 0.3) is 0 Å². The third-order valence-corrected chi connectivity index (χ3v) is 3.29. The molecule has 0 amide bonds. The smallest absolute Gasteiger partial charge is 0.320 e. The maximum atomic E-state index is 11.4. The van der Waals surface area contributed by atoms with Crippen molar-refractivity contribution >= 4 is 23.7 Å². The predicted octanol–water partition coefficient (Wildman–Crippen LogP) is 0.868. The third kappa shape index (κ3) is 2.99. The predicted molar refractivity (Wildman–Crippen MR) is 57.5 cm³/mol. The Bertz CT molecular complexity index is 259. The zero-order valence-corrected chi connectivity index (χ0v) is 9.58. The largest absolute Gasteiger partial charge is 0.468 e. The van der Waals surface area contributed by atoms with Crippen LogP contribution in [0.25, 0.3) is 0 Å². The van der Waals surface area contributed by atoms with Gasteiger partial charge in [-0.05, 0) is 0 Å². The maximum absolute atomic E-state index is 11.4. The molecule has 15 heavy (non-hydrogen) atoms. The topological polar surface area (TPSA) is 52.6 Å². The van der Waals surface area contributed by atoms with Crippen molar-refractivity contribution in [2.45, 2.75) is 0 Å². The van der Waals surface area contributed by atoms with Crippen LogP contribution in [0.5, 0.6) is 0 Å². The molecule has 0 aromatic rings. The summed E-state index contributed by atoms with van der Waals surface area (Å²) in [4.78, 5) is 22.9. The number of methoxy groups -OCH3 is 2. The minimum Gasteiger partial charge on any atom is -0.468 e. The van der Waals surface area contributed by atoms with Gasteiger partial charge in [0, 0.05) is 17.4 Å². The van der Waals surface area contributed by atoms with E-state index >= 15 is 0 Å². The number of carbonyl (C=O) groups excluding carboxylic acids is 2. The monoisotopic (exact) mass is 230 g/mol. The van der Waals surface area contributed by atoms with Gasteiger partial charge in [-0.15, -0.1) is 0 Å². The van der Waals surface area contributed by atoms with E-state index in [1.807, 2.05) is 12.2 Å². The summed E-state index contributed by atoms with van der Waals surface area (Å²) in [6.45, 7) is 0. The Kier molecular flexibility index (Phi) is 4.68. The van der Waals surface area contributed by atoms with E-state index in [1.165, 1.54) is 14.2 Å². The molecule has 0 fully saturated rings. The molecule has 0 saturated heterocycles. The van der Waals surface area contributed by atoms with Gasteiger partial charge in [0.1, 0.15) is 0 Å². The Morgan fingerprint density at radius 3 is 2.33 bits per heavy atom. The van der Waals surface area contributed by atoms with Crippen LogP contribution in [0.15, 0.2) is 12.2 Å². The highest BCUT2D eigenvalue weighted by Gasteiger charge is 2.35. The van der Waals surface area contributed by atoms with Gasteiger partial charge in [0.15, 0.2) is 5.92 Å². The number of allylic oxidation sites excluding steroid dienone is 1. The number of thioether (sulfide) groups is 1. The number of hydrogen-bond acceptors (Lipinski definition) is 5. The van der Waals surface area contributed by atoms with Crippen molar-refractivity contribution in [3.63, 3.8) is 0 Å². The minimum absolute atomic E-state index is 0.122. The number of ether oxygens (including phenoxy) is 2. The third-order valence-electron chi connectivity index (χ3n) is 2.25. The van der Waals surface area contributed by atoms with E-state index < -0.39 is 17.9 Å². The molecule has 0 aliphatic carbocycles. The van der Waals surface area contributed by atoms with E-state index in [2.05, 4.69) is 9.47 Å². The summed E-state index contributed by atoms with van der Waals surface area (Å²) < 4.78 is 9.21. The zero-order chi connectivity index (χ0) is 11.3. The van der Waals surface area contributed by atoms with Crippen molar-refractivity contribution < 1.29 is 19.1 Å². The average Bonchev–Trinajstić information content (AvgIpc) is 2.30. The summed E-state index contributed by atoms with van der Waals surface area (Å²) >= 11 is 1.68. The quantitative estimate of drug-likeness (QED) is 0.409. The molecule has 0 unspecified atom stereocenters. The lowest BCUT2D eigenvalue weighted by Crippen LogP contribution is -2.34. The van der Waals surface area contributed by atoms with Crippen molar-refractivity contribution in [3.8, 4) is 0 Å². The maximum Gasteiger partial charge on any atom is 0.320 e. The Hall–Kier alpha value is -0.970. The second-order valence-electron chi connectivity index (χ2n) is 3.15. The lowest BCUT2D eigenvalue weighted by Gasteiger charge is -2.22. The standard InChI is InChI=1S/C10H14O4S/c1-13-9(11)8(10(12)14-2)7-4-3-5-15-6-7/h3-4,7-8H,5-6H2,1-2H3/t7-/m0/s1. The summed E-state index contributed by atoms with van der Waals surface area (Å²) in [6.07, 6.45) is 3.84. The number of carbonyl (C=O) groups is 2. The van der Waals surface area contributed by atoms with Gasteiger partial charge in [0.05, 0.1) is 14.2 Å². The Morgan fingerprint density at radius 2 is 1.93 bits per heavy atom. The minimum atomic E-state index is -0.830. The fourth-order valence-corrected chi connectivity index (χ4v) is 2.42. The number of hydrogen-bond donors (Lipinski definition) is 0. The Labute approximate surface area is 93.0 Å². The molecule has 1 heterocycles. The molecule has 0 saturated carbocycles. The number of esters is 2. The molecule has 0 radical (unpaired) electrons. The van der Waals surface area contributed by atoms with Crippen molar-refractivity contribution in [2.24, 2.45) is 11.8 Å². The molecule has 0 aromatic heterocycles. The van der Waals surface area contributed by atoms with Crippen LogP contribution in [0.3, 0.4) is 0 Å². The molecule has 1 atom stereocenters. The van der Waals surface area contributed by atoms with Crippen LogP contribution in [0.2, 0.25) is 0 Å². The molecule has 5 heteroatoms. The molecule has 0 N–H and O–H groups in total. The van der Waals surface area contributed by atoms with Crippen LogP contribution in [0.1, 0.15) is 0 Å². The lowest BCUT2D eigenvalue weighted by atomic mass is 9.93. The highest BCUT2D eigenvalue weighted by Crippen LogP contribution is 2.25. The van der Waals surface area contributed by atoms with Crippen LogP contribution in [0, 0.1) is 11.8 Å². The summed E-state index contributed by atoms with van der Waals surface area (Å²) in [7, 11) is 2.55. The van der Waals surface area contributed by atoms with Gasteiger partial charge < -0.3 is 9.47 Å². The highest BCUT2D eigenvalue weighted by molar-refractivity contribution is 7.99. The number of rotatable bonds is 3.